The van der Waals surface area contributed by atoms with E-state index < -0.39 is 0 Å². The van der Waals surface area contributed by atoms with E-state index in [-0.39, 0.29) is 5.54 Å². The van der Waals surface area contributed by atoms with Gasteiger partial charge in [-0.05, 0) is 44.4 Å². The van der Waals surface area contributed by atoms with Gasteiger partial charge in [0.15, 0.2) is 0 Å². The van der Waals surface area contributed by atoms with Gasteiger partial charge < -0.3 is 4.42 Å². The summed E-state index contributed by atoms with van der Waals surface area (Å²) in [6, 6.07) is 6.28. The Kier molecular flexibility index (Phi) is 3.08. The molecule has 1 aliphatic heterocycles. The third kappa shape index (κ3) is 2.40. The summed E-state index contributed by atoms with van der Waals surface area (Å²) < 4.78 is 5.28. The standard InChI is InChI=1S/C12H16N2O/c13-10-12(6-1-2-8-14-12)7-5-11-4-3-9-15-11/h3-4,9,14H,1-2,5-8H2. The number of hydrogen-bond acceptors (Lipinski definition) is 3. The topological polar surface area (TPSA) is 49.0 Å². The molecule has 0 aliphatic carbocycles. The Morgan fingerprint density at radius 3 is 3.07 bits per heavy atom. The highest BCUT2D eigenvalue weighted by atomic mass is 16.3. The van der Waals surface area contributed by atoms with Gasteiger partial charge in [0.1, 0.15) is 11.3 Å². The summed E-state index contributed by atoms with van der Waals surface area (Å²) in [4.78, 5) is 0. The highest BCUT2D eigenvalue weighted by molar-refractivity contribution is 5.11. The molecule has 2 rings (SSSR count). The largest absolute Gasteiger partial charge is 0.469 e. The predicted octanol–water partition coefficient (Wildman–Crippen LogP) is 2.25. The summed E-state index contributed by atoms with van der Waals surface area (Å²) in [6.07, 6.45) is 6.67. The van der Waals surface area contributed by atoms with Crippen LogP contribution in [-0.4, -0.2) is 12.1 Å². The van der Waals surface area contributed by atoms with Crippen molar-refractivity contribution < 1.29 is 4.42 Å². The molecule has 0 saturated carbocycles. The maximum Gasteiger partial charge on any atom is 0.107 e. The predicted molar refractivity (Wildman–Crippen MR) is 57.2 cm³/mol. The molecule has 1 N–H and O–H groups in total. The lowest BCUT2D eigenvalue weighted by Gasteiger charge is -2.31. The van der Waals surface area contributed by atoms with Crippen LogP contribution in [0.1, 0.15) is 31.4 Å². The summed E-state index contributed by atoms with van der Waals surface area (Å²) in [6.45, 7) is 0.964. The minimum Gasteiger partial charge on any atom is -0.469 e. The first-order chi connectivity index (χ1) is 7.35. The van der Waals surface area contributed by atoms with Gasteiger partial charge in [0, 0.05) is 6.42 Å². The molecule has 1 fully saturated rings. The first-order valence-electron chi connectivity index (χ1n) is 5.53. The second-order valence-corrected chi connectivity index (χ2v) is 4.16. The van der Waals surface area contributed by atoms with E-state index in [4.69, 9.17) is 4.42 Å². The number of nitrogens with one attached hydrogen (secondary N) is 1. The van der Waals surface area contributed by atoms with Crippen LogP contribution in [0.15, 0.2) is 22.8 Å². The SMILES string of the molecule is N#CC1(CCc2ccco2)CCCCN1. The molecule has 1 aliphatic rings. The van der Waals surface area contributed by atoms with Gasteiger partial charge in [0.05, 0.1) is 12.3 Å². The van der Waals surface area contributed by atoms with Crippen LogP contribution in [0.3, 0.4) is 0 Å². The van der Waals surface area contributed by atoms with Crippen LogP contribution in [0.5, 0.6) is 0 Å². The van der Waals surface area contributed by atoms with E-state index in [1.165, 1.54) is 6.42 Å². The normalized spacial score (nSPS) is 26.1. The molecule has 15 heavy (non-hydrogen) atoms. The molecule has 3 nitrogen and oxygen atoms in total. The minimum atomic E-state index is -0.314. The zero-order chi connectivity index (χ0) is 10.6. The van der Waals surface area contributed by atoms with E-state index in [1.54, 1.807) is 6.26 Å². The molecular weight excluding hydrogens is 188 g/mol. The molecule has 0 radical (unpaired) electrons. The Hall–Kier alpha value is -1.27. The molecule has 1 aromatic heterocycles. The lowest BCUT2D eigenvalue weighted by atomic mass is 9.86. The van der Waals surface area contributed by atoms with Crippen molar-refractivity contribution in [3.05, 3.63) is 24.2 Å². The van der Waals surface area contributed by atoms with Gasteiger partial charge in [-0.3, -0.25) is 5.32 Å². The van der Waals surface area contributed by atoms with Crippen molar-refractivity contribution in [1.82, 2.24) is 5.32 Å². The zero-order valence-electron chi connectivity index (χ0n) is 8.83. The number of nitriles is 1. The van der Waals surface area contributed by atoms with Crippen LogP contribution in [0.2, 0.25) is 0 Å². The van der Waals surface area contributed by atoms with E-state index in [9.17, 15) is 5.26 Å². The van der Waals surface area contributed by atoms with Crippen LogP contribution >= 0.6 is 0 Å². The van der Waals surface area contributed by atoms with Gasteiger partial charge in [0.25, 0.3) is 0 Å². The van der Waals surface area contributed by atoms with E-state index in [0.29, 0.717) is 0 Å². The summed E-state index contributed by atoms with van der Waals surface area (Å²) in [5, 5.41) is 12.6. The Bertz CT molecular complexity index is 331. The number of aryl methyl sites for hydroxylation is 1. The first kappa shape index (κ1) is 10.3. The molecular formula is C12H16N2O. The van der Waals surface area contributed by atoms with Crippen LogP contribution in [-0.2, 0) is 6.42 Å². The molecule has 2 heterocycles. The molecule has 3 heteroatoms. The molecule has 1 saturated heterocycles. The highest BCUT2D eigenvalue weighted by Gasteiger charge is 2.31. The second-order valence-electron chi connectivity index (χ2n) is 4.16. The molecule has 1 unspecified atom stereocenters. The summed E-state index contributed by atoms with van der Waals surface area (Å²) in [5.74, 6) is 0.969. The molecule has 0 aromatic carbocycles. The van der Waals surface area contributed by atoms with Crippen LogP contribution in [0.4, 0.5) is 0 Å². The smallest absolute Gasteiger partial charge is 0.107 e. The van der Waals surface area contributed by atoms with Crippen molar-refractivity contribution >= 4 is 0 Å². The van der Waals surface area contributed by atoms with Crippen molar-refractivity contribution in [2.24, 2.45) is 0 Å². The third-order valence-corrected chi connectivity index (χ3v) is 3.09. The first-order valence-corrected chi connectivity index (χ1v) is 5.53. The van der Waals surface area contributed by atoms with Gasteiger partial charge in [0.2, 0.25) is 0 Å². The van der Waals surface area contributed by atoms with Crippen LogP contribution in [0.25, 0.3) is 0 Å². The Labute approximate surface area is 90.1 Å². The average Bonchev–Trinajstić information content (AvgIpc) is 2.81. The van der Waals surface area contributed by atoms with Gasteiger partial charge >= 0.3 is 0 Å². The maximum absolute atomic E-state index is 9.23. The van der Waals surface area contributed by atoms with Crippen molar-refractivity contribution in [2.75, 3.05) is 6.54 Å². The minimum absolute atomic E-state index is 0.314. The van der Waals surface area contributed by atoms with E-state index >= 15 is 0 Å². The van der Waals surface area contributed by atoms with Crippen molar-refractivity contribution in [3.8, 4) is 6.07 Å². The number of nitrogens with zero attached hydrogens (tertiary/aromatic N) is 1. The van der Waals surface area contributed by atoms with Gasteiger partial charge in [-0.25, -0.2) is 0 Å². The Morgan fingerprint density at radius 1 is 1.53 bits per heavy atom. The quantitative estimate of drug-likeness (QED) is 0.821. The second kappa shape index (κ2) is 4.50. The lowest BCUT2D eigenvalue weighted by Crippen LogP contribution is -2.47. The van der Waals surface area contributed by atoms with Crippen molar-refractivity contribution in [1.29, 1.82) is 5.26 Å². The van der Waals surface area contributed by atoms with Crippen molar-refractivity contribution in [2.45, 2.75) is 37.6 Å². The lowest BCUT2D eigenvalue weighted by molar-refractivity contribution is 0.298. The molecule has 1 aromatic rings. The number of piperidine rings is 1. The van der Waals surface area contributed by atoms with E-state index in [0.717, 1.165) is 38.0 Å². The average molecular weight is 204 g/mol. The summed E-state index contributed by atoms with van der Waals surface area (Å²) in [7, 11) is 0. The Morgan fingerprint density at radius 2 is 2.47 bits per heavy atom. The van der Waals surface area contributed by atoms with Crippen LogP contribution in [0, 0.1) is 11.3 Å². The van der Waals surface area contributed by atoms with Gasteiger partial charge in [-0.2, -0.15) is 5.26 Å². The number of rotatable bonds is 3. The maximum atomic E-state index is 9.23. The number of hydrogen-bond donors (Lipinski definition) is 1. The van der Waals surface area contributed by atoms with E-state index in [1.807, 2.05) is 12.1 Å². The molecule has 0 bridgehead atoms. The fourth-order valence-electron chi connectivity index (χ4n) is 2.12. The molecule has 0 spiro atoms. The zero-order valence-corrected chi connectivity index (χ0v) is 8.83. The Balaban J connectivity index is 1.93. The molecule has 0 amide bonds. The third-order valence-electron chi connectivity index (χ3n) is 3.09. The molecule has 1 atom stereocenters. The summed E-state index contributed by atoms with van der Waals surface area (Å²) >= 11 is 0. The van der Waals surface area contributed by atoms with Gasteiger partial charge in [-0.15, -0.1) is 0 Å². The van der Waals surface area contributed by atoms with Crippen LogP contribution < -0.4 is 5.32 Å². The van der Waals surface area contributed by atoms with Crippen molar-refractivity contribution in [3.63, 3.8) is 0 Å². The fourth-order valence-corrected chi connectivity index (χ4v) is 2.12. The van der Waals surface area contributed by atoms with Gasteiger partial charge in [-0.1, -0.05) is 0 Å². The number of furan rings is 1. The van der Waals surface area contributed by atoms with E-state index in [2.05, 4.69) is 11.4 Å². The summed E-state index contributed by atoms with van der Waals surface area (Å²) in [5.41, 5.74) is -0.314. The highest BCUT2D eigenvalue weighted by Crippen LogP contribution is 2.24. The molecule has 80 valence electrons. The monoisotopic (exact) mass is 204 g/mol. The fraction of sp³-hybridized carbons (Fsp3) is 0.583.